The predicted molar refractivity (Wildman–Crippen MR) is 62.8 cm³/mol. The Bertz CT molecular complexity index is 539. The maximum atomic E-state index is 13.2. The van der Waals surface area contributed by atoms with Gasteiger partial charge >= 0.3 is 23.3 Å². The second-order valence-electron chi connectivity index (χ2n) is 5.21. The number of rotatable bonds is 8. The summed E-state index contributed by atoms with van der Waals surface area (Å²) >= 11 is 0. The van der Waals surface area contributed by atoms with Gasteiger partial charge in [0.05, 0.1) is 20.6 Å². The first-order valence-corrected chi connectivity index (χ1v) is 7.42. The number of nitrogens with one attached hydrogen (secondary N) is 1. The summed E-state index contributed by atoms with van der Waals surface area (Å²) in [5.41, 5.74) is 0. The summed E-state index contributed by atoms with van der Waals surface area (Å²) in [6.45, 7) is -1.42. The minimum absolute atomic E-state index is 0.372. The van der Waals surface area contributed by atoms with Crippen LogP contribution in [0.25, 0.3) is 0 Å². The van der Waals surface area contributed by atoms with E-state index in [1.807, 2.05) is 0 Å². The van der Waals surface area contributed by atoms with Gasteiger partial charge in [0, 0.05) is 13.0 Å². The number of hydroxylamine groups is 3. The largest absolute Gasteiger partial charge is 0.633 e. The van der Waals surface area contributed by atoms with Crippen molar-refractivity contribution in [1.29, 1.82) is 0 Å². The van der Waals surface area contributed by atoms with E-state index >= 15 is 0 Å². The van der Waals surface area contributed by atoms with Crippen LogP contribution in [-0.4, -0.2) is 63.5 Å². The Balaban J connectivity index is 5.40. The van der Waals surface area contributed by atoms with Gasteiger partial charge in [-0.25, -0.2) is 13.1 Å². The normalized spacial score (nSPS) is 15.7. The van der Waals surface area contributed by atoms with Crippen molar-refractivity contribution in [3.8, 4) is 0 Å². The zero-order chi connectivity index (χ0) is 19.8. The Kier molecular flexibility index (Phi) is 6.28. The van der Waals surface area contributed by atoms with E-state index in [9.17, 15) is 53.1 Å². The third-order valence-electron chi connectivity index (χ3n) is 2.62. The molecule has 0 bridgehead atoms. The molecule has 15 heteroatoms. The third kappa shape index (κ3) is 4.43. The lowest BCUT2D eigenvalue weighted by molar-refractivity contribution is -0.840. The molecule has 0 spiro atoms. The molecule has 0 fully saturated rings. The first-order valence-electron chi connectivity index (χ1n) is 5.94. The molecule has 0 amide bonds. The minimum atomic E-state index is -7.30. The summed E-state index contributed by atoms with van der Waals surface area (Å²) in [6, 6.07) is 0. The van der Waals surface area contributed by atoms with E-state index in [1.165, 1.54) is 0 Å². The van der Waals surface area contributed by atoms with Gasteiger partial charge in [-0.1, -0.05) is 0 Å². The molecule has 0 aliphatic carbocycles. The van der Waals surface area contributed by atoms with Crippen LogP contribution in [0.4, 0.5) is 39.5 Å². The predicted octanol–water partition coefficient (Wildman–Crippen LogP) is 2.30. The molecule has 0 atom stereocenters. The molecule has 0 rings (SSSR count). The van der Waals surface area contributed by atoms with Crippen molar-refractivity contribution in [2.75, 3.05) is 27.2 Å². The lowest BCUT2D eigenvalue weighted by Gasteiger charge is -2.34. The van der Waals surface area contributed by atoms with E-state index < -0.39 is 50.9 Å². The summed E-state index contributed by atoms with van der Waals surface area (Å²) in [4.78, 5) is 0. The molecule has 0 radical (unpaired) electrons. The highest BCUT2D eigenvalue weighted by molar-refractivity contribution is 7.90. The van der Waals surface area contributed by atoms with Crippen LogP contribution in [0.15, 0.2) is 0 Å². The Morgan fingerprint density at radius 2 is 1.33 bits per heavy atom. The van der Waals surface area contributed by atoms with Crippen LogP contribution in [0.2, 0.25) is 0 Å². The first kappa shape index (κ1) is 23.2. The van der Waals surface area contributed by atoms with Crippen molar-refractivity contribution < 1.29 is 52.6 Å². The van der Waals surface area contributed by atoms with Crippen molar-refractivity contribution in [3.05, 3.63) is 5.21 Å². The Morgan fingerprint density at radius 1 is 0.917 bits per heavy atom. The molecule has 0 aliphatic rings. The average Bonchev–Trinajstić information content (AvgIpc) is 2.31. The van der Waals surface area contributed by atoms with Crippen molar-refractivity contribution in [2.24, 2.45) is 0 Å². The molecule has 0 aromatic rings. The van der Waals surface area contributed by atoms with E-state index in [-0.39, 0.29) is 6.54 Å². The Hall–Kier alpha value is -0.800. The zero-order valence-corrected chi connectivity index (χ0v) is 12.9. The fourth-order valence-electron chi connectivity index (χ4n) is 1.29. The van der Waals surface area contributed by atoms with Crippen LogP contribution in [-0.2, 0) is 10.0 Å². The number of quaternary nitrogens is 1. The summed E-state index contributed by atoms with van der Waals surface area (Å²) in [6.07, 6.45) is -7.58. The lowest BCUT2D eigenvalue weighted by atomic mass is 10.1. The van der Waals surface area contributed by atoms with Gasteiger partial charge in [0.25, 0.3) is 10.0 Å². The van der Waals surface area contributed by atoms with Crippen molar-refractivity contribution in [2.45, 2.75) is 29.7 Å². The molecule has 146 valence electrons. The molecule has 24 heavy (non-hydrogen) atoms. The van der Waals surface area contributed by atoms with Gasteiger partial charge in [-0.3, -0.25) is 0 Å². The fraction of sp³-hybridized carbons (Fsp3) is 1.00. The second kappa shape index (κ2) is 6.49. The van der Waals surface area contributed by atoms with E-state index in [2.05, 4.69) is 0 Å². The number of hydrogen-bond donors (Lipinski definition) is 1. The smallest absolute Gasteiger partial charge is 0.460 e. The first-order chi connectivity index (χ1) is 10.2. The molecule has 0 saturated heterocycles. The molecule has 0 unspecified atom stereocenters. The van der Waals surface area contributed by atoms with E-state index in [1.54, 1.807) is 0 Å². The van der Waals surface area contributed by atoms with Crippen LogP contribution in [0.3, 0.4) is 0 Å². The maximum absolute atomic E-state index is 13.2. The Labute approximate surface area is 130 Å². The van der Waals surface area contributed by atoms with Gasteiger partial charge in [0.1, 0.15) is 0 Å². The van der Waals surface area contributed by atoms with Crippen molar-refractivity contribution in [3.63, 3.8) is 0 Å². The van der Waals surface area contributed by atoms with Crippen LogP contribution in [0, 0.1) is 5.21 Å². The number of halogens is 9. The molecule has 0 saturated carbocycles. The monoisotopic (exact) mass is 400 g/mol. The van der Waals surface area contributed by atoms with Crippen molar-refractivity contribution >= 4 is 10.0 Å². The highest BCUT2D eigenvalue weighted by Crippen LogP contribution is 2.54. The molecular weight excluding hydrogens is 387 g/mol. The standard InChI is InChI=1S/C9H13F9N2O3S/c1-20(2,21)5-3-4-19-24(22,23)9(17,18)7(12,13)6(10,11)8(14,15)16/h19H,3-5H2,1-2H3. The van der Waals surface area contributed by atoms with E-state index in [0.29, 0.717) is 0 Å². The molecule has 0 aromatic heterocycles. The maximum Gasteiger partial charge on any atom is 0.460 e. The molecule has 0 aliphatic heterocycles. The summed E-state index contributed by atoms with van der Waals surface area (Å²) in [7, 11) is -4.46. The molecule has 0 aromatic carbocycles. The van der Waals surface area contributed by atoms with Gasteiger partial charge in [-0.2, -0.15) is 39.5 Å². The van der Waals surface area contributed by atoms with E-state index in [4.69, 9.17) is 0 Å². The summed E-state index contributed by atoms with van der Waals surface area (Å²) in [5, 5.41) is 4.33. The quantitative estimate of drug-likeness (QED) is 0.294. The number of nitrogens with zero attached hydrogens (tertiary/aromatic N) is 1. The van der Waals surface area contributed by atoms with Gasteiger partial charge in [-0.05, 0) is 0 Å². The second-order valence-corrected chi connectivity index (χ2v) is 7.02. The summed E-state index contributed by atoms with van der Waals surface area (Å²) < 4.78 is 135. The van der Waals surface area contributed by atoms with Crippen LogP contribution < -0.4 is 4.72 Å². The van der Waals surface area contributed by atoms with Gasteiger partial charge in [0.2, 0.25) is 0 Å². The molecule has 5 nitrogen and oxygen atoms in total. The molecular formula is C9H13F9N2O3S. The molecule has 0 heterocycles. The number of sulfonamides is 1. The van der Waals surface area contributed by atoms with E-state index in [0.717, 1.165) is 18.8 Å². The number of hydrogen-bond acceptors (Lipinski definition) is 3. The van der Waals surface area contributed by atoms with Crippen molar-refractivity contribution in [1.82, 2.24) is 4.72 Å². The summed E-state index contributed by atoms with van der Waals surface area (Å²) in [5.74, 6) is -14.6. The van der Waals surface area contributed by atoms with Crippen LogP contribution >= 0.6 is 0 Å². The van der Waals surface area contributed by atoms with Gasteiger partial charge < -0.3 is 9.85 Å². The third-order valence-corrected chi connectivity index (χ3v) is 4.13. The minimum Gasteiger partial charge on any atom is -0.633 e. The fourth-order valence-corrected chi connectivity index (χ4v) is 2.35. The lowest BCUT2D eigenvalue weighted by Crippen LogP contribution is -2.65. The van der Waals surface area contributed by atoms with Gasteiger partial charge in [-0.15, -0.1) is 0 Å². The van der Waals surface area contributed by atoms with Crippen LogP contribution in [0.1, 0.15) is 6.42 Å². The topological polar surface area (TPSA) is 69.2 Å². The highest BCUT2D eigenvalue weighted by atomic mass is 32.2. The Morgan fingerprint density at radius 3 is 1.67 bits per heavy atom. The van der Waals surface area contributed by atoms with Gasteiger partial charge in [0.15, 0.2) is 0 Å². The molecule has 1 N–H and O–H groups in total. The SMILES string of the molecule is C[N+](C)([O-])CCCNS(=O)(=O)C(F)(F)C(F)(F)C(F)(F)C(F)(F)F. The number of alkyl halides is 9. The zero-order valence-electron chi connectivity index (χ0n) is 12.1. The average molecular weight is 400 g/mol. The highest BCUT2D eigenvalue weighted by Gasteiger charge is 2.85. The van der Waals surface area contributed by atoms with Crippen LogP contribution in [0.5, 0.6) is 0 Å².